The van der Waals surface area contributed by atoms with E-state index in [-0.39, 0.29) is 0 Å². The van der Waals surface area contributed by atoms with E-state index in [0.29, 0.717) is 11.6 Å². The van der Waals surface area contributed by atoms with E-state index in [4.69, 9.17) is 11.6 Å². The number of thiazole rings is 1. The molecule has 0 aliphatic heterocycles. The van der Waals surface area contributed by atoms with Crippen molar-refractivity contribution in [3.63, 3.8) is 0 Å². The Bertz CT molecular complexity index is 489. The Balaban J connectivity index is 1.92. The van der Waals surface area contributed by atoms with Crippen LogP contribution in [0.25, 0.3) is 0 Å². The minimum Gasteiger partial charge on any atom is -0.387 e. The number of likely N-dealkylation sites (N-methyl/N-ethyl adjacent to an activating group) is 1. The summed E-state index contributed by atoms with van der Waals surface area (Å²) >= 11 is 7.53. The summed E-state index contributed by atoms with van der Waals surface area (Å²) < 4.78 is 0. The molecule has 96 valence electrons. The van der Waals surface area contributed by atoms with Gasteiger partial charge in [0.1, 0.15) is 5.01 Å². The van der Waals surface area contributed by atoms with Crippen LogP contribution in [-0.4, -0.2) is 28.6 Å². The smallest absolute Gasteiger partial charge is 0.107 e. The number of benzene rings is 1. The van der Waals surface area contributed by atoms with E-state index in [1.165, 1.54) is 0 Å². The van der Waals surface area contributed by atoms with Crippen LogP contribution in [-0.2, 0) is 6.54 Å². The minimum absolute atomic E-state index is 0.534. The molecule has 2 aromatic rings. The van der Waals surface area contributed by atoms with Gasteiger partial charge >= 0.3 is 0 Å². The summed E-state index contributed by atoms with van der Waals surface area (Å²) in [6.45, 7) is 1.30. The van der Waals surface area contributed by atoms with Crippen molar-refractivity contribution in [2.75, 3.05) is 13.6 Å². The quantitative estimate of drug-likeness (QED) is 0.916. The van der Waals surface area contributed by atoms with Crippen LogP contribution in [0.5, 0.6) is 0 Å². The molecule has 5 heteroatoms. The van der Waals surface area contributed by atoms with Crippen molar-refractivity contribution in [3.05, 3.63) is 51.4 Å². The van der Waals surface area contributed by atoms with Gasteiger partial charge in [-0.25, -0.2) is 4.98 Å². The summed E-state index contributed by atoms with van der Waals surface area (Å²) in [6.07, 6.45) is 1.26. The number of rotatable bonds is 5. The zero-order chi connectivity index (χ0) is 13.0. The fourth-order valence-electron chi connectivity index (χ4n) is 1.74. The number of aliphatic hydroxyl groups excluding tert-OH is 1. The van der Waals surface area contributed by atoms with Crippen LogP contribution in [0.2, 0.25) is 5.02 Å². The number of aliphatic hydroxyl groups is 1. The van der Waals surface area contributed by atoms with Crippen LogP contribution < -0.4 is 0 Å². The van der Waals surface area contributed by atoms with Gasteiger partial charge in [-0.2, -0.15) is 0 Å². The number of aromatic nitrogens is 1. The van der Waals surface area contributed by atoms with Crippen LogP contribution in [0.4, 0.5) is 0 Å². The van der Waals surface area contributed by atoms with E-state index in [1.807, 2.05) is 29.5 Å². The summed E-state index contributed by atoms with van der Waals surface area (Å²) in [7, 11) is 1.97. The molecule has 1 N–H and O–H groups in total. The van der Waals surface area contributed by atoms with Gasteiger partial charge in [0, 0.05) is 23.1 Å². The van der Waals surface area contributed by atoms with Gasteiger partial charge in [0.15, 0.2) is 0 Å². The average molecular weight is 283 g/mol. The Hall–Kier alpha value is -0.940. The van der Waals surface area contributed by atoms with Crippen LogP contribution in [0.1, 0.15) is 16.7 Å². The fraction of sp³-hybridized carbons (Fsp3) is 0.308. The Kier molecular flexibility index (Phi) is 4.72. The molecule has 0 spiro atoms. The van der Waals surface area contributed by atoms with E-state index in [2.05, 4.69) is 4.98 Å². The molecule has 1 unspecified atom stereocenters. The molecule has 1 atom stereocenters. The first kappa shape index (κ1) is 13.5. The molecule has 0 radical (unpaired) electrons. The van der Waals surface area contributed by atoms with Crippen molar-refractivity contribution in [3.8, 4) is 0 Å². The number of nitrogens with zero attached hydrogens (tertiary/aromatic N) is 2. The van der Waals surface area contributed by atoms with Gasteiger partial charge in [-0.15, -0.1) is 11.3 Å². The highest BCUT2D eigenvalue weighted by molar-refractivity contribution is 7.09. The third-order valence-corrected chi connectivity index (χ3v) is 3.61. The van der Waals surface area contributed by atoms with Gasteiger partial charge in [-0.3, -0.25) is 4.90 Å². The van der Waals surface area contributed by atoms with Crippen LogP contribution in [0.3, 0.4) is 0 Å². The number of hydrogen-bond donors (Lipinski definition) is 1. The van der Waals surface area contributed by atoms with Crippen LogP contribution in [0, 0.1) is 0 Å². The second kappa shape index (κ2) is 6.29. The summed E-state index contributed by atoms with van der Waals surface area (Å²) in [5.74, 6) is 0. The third-order valence-electron chi connectivity index (χ3n) is 2.61. The van der Waals surface area contributed by atoms with Crippen molar-refractivity contribution in [1.29, 1.82) is 0 Å². The first-order valence-corrected chi connectivity index (χ1v) is 6.91. The van der Waals surface area contributed by atoms with Crippen molar-refractivity contribution < 1.29 is 5.11 Å². The first-order chi connectivity index (χ1) is 8.65. The van der Waals surface area contributed by atoms with E-state index < -0.39 is 6.10 Å². The van der Waals surface area contributed by atoms with Gasteiger partial charge in [-0.05, 0) is 24.7 Å². The zero-order valence-electron chi connectivity index (χ0n) is 10.1. The molecule has 0 saturated carbocycles. The molecule has 3 nitrogen and oxygen atoms in total. The largest absolute Gasteiger partial charge is 0.387 e. The lowest BCUT2D eigenvalue weighted by Gasteiger charge is -2.19. The summed E-state index contributed by atoms with van der Waals surface area (Å²) in [6, 6.07) is 7.33. The molecule has 1 aromatic carbocycles. The molecule has 0 aliphatic rings. The molecular weight excluding hydrogens is 268 g/mol. The van der Waals surface area contributed by atoms with Crippen molar-refractivity contribution in [1.82, 2.24) is 9.88 Å². The maximum absolute atomic E-state index is 10.1. The highest BCUT2D eigenvalue weighted by Crippen LogP contribution is 2.19. The maximum atomic E-state index is 10.1. The van der Waals surface area contributed by atoms with Gasteiger partial charge in [-0.1, -0.05) is 23.7 Å². The summed E-state index contributed by atoms with van der Waals surface area (Å²) in [5, 5.41) is 13.8. The second-order valence-electron chi connectivity index (χ2n) is 4.19. The predicted octanol–water partition coefficient (Wildman–Crippen LogP) is 2.96. The van der Waals surface area contributed by atoms with E-state index in [9.17, 15) is 5.11 Å². The molecule has 0 bridgehead atoms. The molecule has 0 amide bonds. The topological polar surface area (TPSA) is 36.4 Å². The SMILES string of the molecule is CN(Cc1nccs1)CC(O)c1cccc(Cl)c1. The molecule has 0 fully saturated rings. The Morgan fingerprint density at radius 1 is 1.50 bits per heavy atom. The van der Waals surface area contributed by atoms with Crippen molar-refractivity contribution >= 4 is 22.9 Å². The Morgan fingerprint density at radius 3 is 3.00 bits per heavy atom. The van der Waals surface area contributed by atoms with Crippen molar-refractivity contribution in [2.45, 2.75) is 12.6 Å². The normalized spacial score (nSPS) is 12.9. The van der Waals surface area contributed by atoms with Crippen molar-refractivity contribution in [2.24, 2.45) is 0 Å². The lowest BCUT2D eigenvalue weighted by Crippen LogP contribution is -2.24. The van der Waals surface area contributed by atoms with E-state index >= 15 is 0 Å². The molecule has 1 aromatic heterocycles. The lowest BCUT2D eigenvalue weighted by molar-refractivity contribution is 0.124. The molecule has 0 aliphatic carbocycles. The number of hydrogen-bond acceptors (Lipinski definition) is 4. The van der Waals surface area contributed by atoms with Crippen LogP contribution in [0.15, 0.2) is 35.8 Å². The minimum atomic E-state index is -0.534. The van der Waals surface area contributed by atoms with Gasteiger partial charge < -0.3 is 5.11 Å². The fourth-order valence-corrected chi connectivity index (χ4v) is 2.64. The standard InChI is InChI=1S/C13H15ClN2OS/c1-16(9-13-15-5-6-18-13)8-12(17)10-3-2-4-11(14)7-10/h2-7,12,17H,8-9H2,1H3. The van der Waals surface area contributed by atoms with Gasteiger partial charge in [0.2, 0.25) is 0 Å². The van der Waals surface area contributed by atoms with Crippen LogP contribution >= 0.6 is 22.9 Å². The highest BCUT2D eigenvalue weighted by atomic mass is 35.5. The summed E-state index contributed by atoms with van der Waals surface area (Å²) in [4.78, 5) is 6.27. The third kappa shape index (κ3) is 3.78. The maximum Gasteiger partial charge on any atom is 0.107 e. The van der Waals surface area contributed by atoms with E-state index in [1.54, 1.807) is 29.7 Å². The first-order valence-electron chi connectivity index (χ1n) is 5.65. The predicted molar refractivity (Wildman–Crippen MR) is 74.9 cm³/mol. The van der Waals surface area contributed by atoms with Gasteiger partial charge in [0.05, 0.1) is 12.6 Å². The molecule has 1 heterocycles. The molecule has 18 heavy (non-hydrogen) atoms. The number of halogens is 1. The molecular formula is C13H15ClN2OS. The van der Waals surface area contributed by atoms with Gasteiger partial charge in [0.25, 0.3) is 0 Å². The average Bonchev–Trinajstić information content (AvgIpc) is 2.81. The molecule has 2 rings (SSSR count). The Labute approximate surface area is 116 Å². The summed E-state index contributed by atoms with van der Waals surface area (Å²) in [5.41, 5.74) is 0.841. The highest BCUT2D eigenvalue weighted by Gasteiger charge is 2.12. The second-order valence-corrected chi connectivity index (χ2v) is 5.61. The Morgan fingerprint density at radius 2 is 2.33 bits per heavy atom. The zero-order valence-corrected chi connectivity index (χ0v) is 11.7. The van der Waals surface area contributed by atoms with E-state index in [0.717, 1.165) is 17.1 Å². The molecule has 0 saturated heterocycles. The monoisotopic (exact) mass is 282 g/mol. The lowest BCUT2D eigenvalue weighted by atomic mass is 10.1.